The van der Waals surface area contributed by atoms with Crippen LogP contribution in [0.25, 0.3) is 17.5 Å². The minimum Gasteiger partial charge on any atom is -0.354 e. The number of benzene rings is 1. The lowest BCUT2D eigenvalue weighted by Gasteiger charge is -2.33. The maximum absolute atomic E-state index is 14.3. The number of halogens is 2. The zero-order chi connectivity index (χ0) is 24.4. The first-order valence-corrected chi connectivity index (χ1v) is 11.9. The summed E-state index contributed by atoms with van der Waals surface area (Å²) in [6.07, 6.45) is 6.60. The van der Waals surface area contributed by atoms with Crippen LogP contribution in [-0.2, 0) is 0 Å². The topological polar surface area (TPSA) is 75.1 Å². The number of likely N-dealkylation sites (N-methyl/N-ethyl adjacent to an activating group) is 1. The number of aromatic amines is 1. The van der Waals surface area contributed by atoms with E-state index in [0.29, 0.717) is 24.4 Å². The minimum absolute atomic E-state index is 0.240. The molecular formula is C26H29F2N7. The summed E-state index contributed by atoms with van der Waals surface area (Å²) < 4.78 is 28.0. The number of piperazine rings is 1. The molecule has 0 bridgehead atoms. The highest BCUT2D eigenvalue weighted by atomic mass is 19.1. The van der Waals surface area contributed by atoms with E-state index >= 15 is 0 Å². The summed E-state index contributed by atoms with van der Waals surface area (Å²) in [5.41, 5.74) is 1.91. The van der Waals surface area contributed by atoms with Crippen molar-refractivity contribution in [3.8, 4) is 11.4 Å². The molecule has 3 aromatic rings. The Bertz CT molecular complexity index is 1230. The Kier molecular flexibility index (Phi) is 6.59. The predicted octanol–water partition coefficient (Wildman–Crippen LogP) is 4.33. The van der Waals surface area contributed by atoms with Gasteiger partial charge in [-0.2, -0.15) is 0 Å². The fourth-order valence-electron chi connectivity index (χ4n) is 4.74. The lowest BCUT2D eigenvalue weighted by molar-refractivity contribution is 0.312. The molecule has 0 radical (unpaired) electrons. The van der Waals surface area contributed by atoms with Gasteiger partial charge in [0.25, 0.3) is 0 Å². The van der Waals surface area contributed by atoms with Gasteiger partial charge >= 0.3 is 0 Å². The van der Waals surface area contributed by atoms with E-state index in [-0.39, 0.29) is 11.9 Å². The molecule has 4 heterocycles. The van der Waals surface area contributed by atoms with Crippen molar-refractivity contribution < 1.29 is 8.78 Å². The van der Waals surface area contributed by atoms with E-state index in [1.807, 2.05) is 18.2 Å². The van der Waals surface area contributed by atoms with Crippen LogP contribution in [0, 0.1) is 17.0 Å². The average molecular weight is 478 g/mol. The quantitative estimate of drug-likeness (QED) is 0.423. The molecule has 0 aliphatic carbocycles. The van der Waals surface area contributed by atoms with Gasteiger partial charge in [0, 0.05) is 38.3 Å². The van der Waals surface area contributed by atoms with Crippen molar-refractivity contribution in [1.29, 1.82) is 5.41 Å². The van der Waals surface area contributed by atoms with Gasteiger partial charge in [-0.15, -0.1) is 0 Å². The number of hydrogen-bond donors (Lipinski definition) is 2. The zero-order valence-electron chi connectivity index (χ0n) is 19.7. The molecule has 7 nitrogen and oxygen atoms in total. The Balaban J connectivity index is 1.28. The summed E-state index contributed by atoms with van der Waals surface area (Å²) in [5.74, 6) is 0.882. The number of imidazole rings is 1. The Hall–Kier alpha value is -3.59. The molecule has 0 spiro atoms. The number of likely N-dealkylation sites (tertiary alicyclic amines) is 1. The fourth-order valence-corrected chi connectivity index (χ4v) is 4.74. The molecule has 2 aliphatic rings. The molecule has 9 heteroatoms. The maximum Gasteiger partial charge on any atom is 0.130 e. The van der Waals surface area contributed by atoms with E-state index in [0.717, 1.165) is 61.9 Å². The van der Waals surface area contributed by atoms with Gasteiger partial charge in [0.05, 0.1) is 23.6 Å². The lowest BCUT2D eigenvalue weighted by atomic mass is 10.0. The van der Waals surface area contributed by atoms with E-state index in [1.54, 1.807) is 23.2 Å². The van der Waals surface area contributed by atoms with Gasteiger partial charge in [0.2, 0.25) is 0 Å². The second-order valence-corrected chi connectivity index (χ2v) is 9.09. The summed E-state index contributed by atoms with van der Waals surface area (Å²) in [6, 6.07) is 9.13. The third kappa shape index (κ3) is 5.09. The second kappa shape index (κ2) is 9.95. The number of aromatic nitrogens is 3. The highest BCUT2D eigenvalue weighted by Gasteiger charge is 2.29. The van der Waals surface area contributed by atoms with E-state index in [2.05, 4.69) is 26.8 Å². The van der Waals surface area contributed by atoms with Crippen molar-refractivity contribution in [2.24, 2.45) is 0 Å². The summed E-state index contributed by atoms with van der Waals surface area (Å²) in [4.78, 5) is 18.9. The molecule has 0 saturated carbocycles. The van der Waals surface area contributed by atoms with E-state index in [1.165, 1.54) is 6.07 Å². The van der Waals surface area contributed by atoms with Crippen molar-refractivity contribution in [1.82, 2.24) is 24.8 Å². The van der Waals surface area contributed by atoms with E-state index in [4.69, 9.17) is 10.4 Å². The predicted molar refractivity (Wildman–Crippen MR) is 133 cm³/mol. The molecule has 1 unspecified atom stereocenters. The SMILES string of the molecule is CN1CCN(c2cccc(-c3cnc(/C=C\C(=N)N4CCCC4c4cc(F)ccc4F)[nH]3)n2)CC1. The summed E-state index contributed by atoms with van der Waals surface area (Å²) in [6.45, 7) is 4.55. The molecule has 5 rings (SSSR count). The van der Waals surface area contributed by atoms with Crippen LogP contribution < -0.4 is 4.90 Å². The molecular weight excluding hydrogens is 448 g/mol. The van der Waals surface area contributed by atoms with Crippen LogP contribution in [-0.4, -0.2) is 70.4 Å². The van der Waals surface area contributed by atoms with Gasteiger partial charge < -0.3 is 19.7 Å². The van der Waals surface area contributed by atoms with Gasteiger partial charge in [0.15, 0.2) is 0 Å². The number of rotatable bonds is 5. The van der Waals surface area contributed by atoms with Crippen LogP contribution in [0.4, 0.5) is 14.6 Å². The standard InChI is InChI=1S/C26H29F2N7/c1-33-12-14-34(15-13-33)26-6-2-4-21(32-26)22-17-30-25(31-22)10-9-24(29)35-11-3-5-23(35)19-16-18(27)7-8-20(19)28/h2,4,6-10,16-17,23,29H,3,5,11-15H2,1H3,(H,30,31)/b10-9-,29-24?. The number of H-pyrrole nitrogens is 1. The number of anilines is 1. The largest absolute Gasteiger partial charge is 0.354 e. The molecule has 2 N–H and O–H groups in total. The number of nitrogens with one attached hydrogen (secondary N) is 2. The van der Waals surface area contributed by atoms with Crippen LogP contribution in [0.3, 0.4) is 0 Å². The first kappa shape index (κ1) is 23.2. The molecule has 182 valence electrons. The Morgan fingerprint density at radius 2 is 1.94 bits per heavy atom. The molecule has 2 aromatic heterocycles. The number of amidine groups is 1. The fraction of sp³-hybridized carbons (Fsp3) is 0.346. The number of pyridine rings is 1. The number of hydrogen-bond acceptors (Lipinski definition) is 5. The first-order chi connectivity index (χ1) is 17.0. The average Bonchev–Trinajstić information content (AvgIpc) is 3.55. The van der Waals surface area contributed by atoms with Gasteiger partial charge in [-0.05, 0) is 62.4 Å². The van der Waals surface area contributed by atoms with Gasteiger partial charge in [0.1, 0.15) is 29.1 Å². The third-order valence-electron chi connectivity index (χ3n) is 6.71. The molecule has 2 saturated heterocycles. The Morgan fingerprint density at radius 1 is 1.11 bits per heavy atom. The first-order valence-electron chi connectivity index (χ1n) is 11.9. The molecule has 2 fully saturated rings. The van der Waals surface area contributed by atoms with Crippen LogP contribution >= 0.6 is 0 Å². The molecule has 2 aliphatic heterocycles. The molecule has 1 atom stereocenters. The van der Waals surface area contributed by atoms with Crippen molar-refractivity contribution in [3.63, 3.8) is 0 Å². The normalized spacial score (nSPS) is 19.1. The second-order valence-electron chi connectivity index (χ2n) is 9.09. The van der Waals surface area contributed by atoms with Crippen molar-refractivity contribution >= 4 is 17.7 Å². The third-order valence-corrected chi connectivity index (χ3v) is 6.71. The number of nitrogens with zero attached hydrogens (tertiary/aromatic N) is 5. The van der Waals surface area contributed by atoms with Gasteiger partial charge in [-0.25, -0.2) is 18.7 Å². The van der Waals surface area contributed by atoms with Crippen molar-refractivity contribution in [3.05, 3.63) is 71.7 Å². The Morgan fingerprint density at radius 3 is 2.77 bits per heavy atom. The van der Waals surface area contributed by atoms with Crippen molar-refractivity contribution in [2.45, 2.75) is 18.9 Å². The molecule has 0 amide bonds. The molecule has 35 heavy (non-hydrogen) atoms. The Labute approximate surface area is 203 Å². The van der Waals surface area contributed by atoms with E-state index < -0.39 is 11.6 Å². The smallest absolute Gasteiger partial charge is 0.130 e. The van der Waals surface area contributed by atoms with Gasteiger partial charge in [-0.3, -0.25) is 5.41 Å². The maximum atomic E-state index is 14.3. The van der Waals surface area contributed by atoms with Crippen LogP contribution in [0.15, 0.2) is 48.7 Å². The van der Waals surface area contributed by atoms with Crippen LogP contribution in [0.5, 0.6) is 0 Å². The summed E-state index contributed by atoms with van der Waals surface area (Å²) >= 11 is 0. The minimum atomic E-state index is -0.469. The highest BCUT2D eigenvalue weighted by molar-refractivity contribution is 5.94. The zero-order valence-corrected chi connectivity index (χ0v) is 19.7. The van der Waals surface area contributed by atoms with Crippen molar-refractivity contribution in [2.75, 3.05) is 44.7 Å². The summed E-state index contributed by atoms with van der Waals surface area (Å²) in [5, 5.41) is 8.53. The van der Waals surface area contributed by atoms with Crippen LogP contribution in [0.2, 0.25) is 0 Å². The van der Waals surface area contributed by atoms with Gasteiger partial charge in [-0.1, -0.05) is 6.07 Å². The summed E-state index contributed by atoms with van der Waals surface area (Å²) in [7, 11) is 2.13. The molecule has 1 aromatic carbocycles. The monoisotopic (exact) mass is 477 g/mol. The lowest BCUT2D eigenvalue weighted by Crippen LogP contribution is -2.44. The van der Waals surface area contributed by atoms with Crippen LogP contribution in [0.1, 0.15) is 30.3 Å². The highest BCUT2D eigenvalue weighted by Crippen LogP contribution is 2.34. The van der Waals surface area contributed by atoms with E-state index in [9.17, 15) is 8.78 Å².